The molecule has 0 spiro atoms. The van der Waals surface area contributed by atoms with Gasteiger partial charge in [0.1, 0.15) is 5.91 Å². The van der Waals surface area contributed by atoms with Gasteiger partial charge in [-0.3, -0.25) is 9.18 Å². The molecule has 0 aliphatic heterocycles. The normalized spacial score (nSPS) is 13.1. The molecule has 0 radical (unpaired) electrons. The summed E-state index contributed by atoms with van der Waals surface area (Å²) in [4.78, 5) is 12.4. The summed E-state index contributed by atoms with van der Waals surface area (Å²) in [6.07, 6.45) is 7.41. The Balaban J connectivity index is -0.000000795. The van der Waals surface area contributed by atoms with Crippen LogP contribution in [-0.4, -0.2) is 25.5 Å². The van der Waals surface area contributed by atoms with Crippen LogP contribution in [0.15, 0.2) is 67.8 Å². The van der Waals surface area contributed by atoms with Crippen molar-refractivity contribution in [3.8, 4) is 0 Å². The Labute approximate surface area is 160 Å². The first-order valence-electron chi connectivity index (χ1n) is 8.42. The van der Waals surface area contributed by atoms with E-state index in [-0.39, 0.29) is 12.5 Å². The minimum Gasteiger partial charge on any atom is -0.352 e. The van der Waals surface area contributed by atoms with Crippen LogP contribution in [0, 0.1) is 0 Å². The largest absolute Gasteiger partial charge is 0.352 e. The summed E-state index contributed by atoms with van der Waals surface area (Å²) in [6, 6.07) is 9.47. The zero-order valence-corrected chi connectivity index (χ0v) is 17.8. The smallest absolute Gasteiger partial charge is 0.234 e. The molecule has 1 N–H and O–H groups in total. The fourth-order valence-electron chi connectivity index (χ4n) is 1.82. The fourth-order valence-corrected chi connectivity index (χ4v) is 1.94. The summed E-state index contributed by atoms with van der Waals surface area (Å²) >= 11 is 0. The van der Waals surface area contributed by atoms with Crippen LogP contribution < -0.4 is 5.32 Å². The van der Waals surface area contributed by atoms with Gasteiger partial charge in [0.15, 0.2) is 0 Å². The van der Waals surface area contributed by atoms with Gasteiger partial charge in [0.05, 0.1) is 19.1 Å². The summed E-state index contributed by atoms with van der Waals surface area (Å²) in [7, 11) is 2.53. The van der Waals surface area contributed by atoms with Gasteiger partial charge >= 0.3 is 0 Å². The molecule has 26 heavy (non-hydrogen) atoms. The number of halogens is 2. The highest BCUT2D eigenvalue weighted by Gasteiger charge is 2.32. The Kier molecular flexibility index (Phi) is 21.8. The second-order valence-electron chi connectivity index (χ2n) is 4.68. The number of carbonyl (C=O) groups excluding carboxylic acids is 1. The molecule has 3 unspecified atom stereocenters. The zero-order valence-electron chi connectivity index (χ0n) is 16.6. The van der Waals surface area contributed by atoms with Gasteiger partial charge in [-0.05, 0) is 19.4 Å². The van der Waals surface area contributed by atoms with Crippen molar-refractivity contribution in [2.75, 3.05) is 13.7 Å². The van der Waals surface area contributed by atoms with E-state index in [2.05, 4.69) is 18.5 Å². The first-order chi connectivity index (χ1) is 12.5. The SMILES string of the molecule is C/C=C\C=C\C(C)(C(=O)NCC(F)P)c1ccccc1.C=C.CC.CF. The van der Waals surface area contributed by atoms with Crippen LogP contribution in [-0.2, 0) is 10.2 Å². The Bertz CT molecular complexity index is 504. The molecule has 3 atom stereocenters. The van der Waals surface area contributed by atoms with Crippen LogP contribution in [0.1, 0.15) is 33.3 Å². The number of rotatable bonds is 6. The first kappa shape index (κ1) is 29.0. The molecule has 0 fully saturated rings. The Morgan fingerprint density at radius 3 is 2.15 bits per heavy atom. The monoisotopic (exact) mass is 385 g/mol. The summed E-state index contributed by atoms with van der Waals surface area (Å²) in [5.74, 6) is -1.35. The van der Waals surface area contributed by atoms with Gasteiger partial charge in [0.2, 0.25) is 5.91 Å². The molecule has 148 valence electrons. The number of hydrogen-bond acceptors (Lipinski definition) is 1. The number of alkyl halides is 2. The molecule has 0 heterocycles. The quantitative estimate of drug-likeness (QED) is 0.375. The van der Waals surface area contributed by atoms with E-state index >= 15 is 0 Å². The molecule has 0 bridgehead atoms. The highest BCUT2D eigenvalue weighted by Crippen LogP contribution is 2.26. The molecular weight excluding hydrogens is 351 g/mol. The van der Waals surface area contributed by atoms with Gasteiger partial charge in [0, 0.05) is 0 Å². The van der Waals surface area contributed by atoms with E-state index in [0.29, 0.717) is 7.18 Å². The second-order valence-corrected chi connectivity index (χ2v) is 5.40. The summed E-state index contributed by atoms with van der Waals surface area (Å²) < 4.78 is 22.4. The molecular formula is C21H34F2NOP. The summed E-state index contributed by atoms with van der Waals surface area (Å²) in [6.45, 7) is 13.7. The van der Waals surface area contributed by atoms with Crippen LogP contribution >= 0.6 is 9.24 Å². The third kappa shape index (κ3) is 11.7. The van der Waals surface area contributed by atoms with E-state index in [0.717, 1.165) is 5.56 Å². The minimum absolute atomic E-state index is 0.0105. The number of amides is 1. The van der Waals surface area contributed by atoms with Gasteiger partial charge in [-0.25, -0.2) is 4.39 Å². The predicted molar refractivity (Wildman–Crippen MR) is 115 cm³/mol. The maximum atomic E-state index is 12.9. The highest BCUT2D eigenvalue weighted by molar-refractivity contribution is 7.17. The maximum Gasteiger partial charge on any atom is 0.234 e. The molecule has 0 aliphatic rings. The lowest BCUT2D eigenvalue weighted by Gasteiger charge is -2.25. The van der Waals surface area contributed by atoms with Crippen molar-refractivity contribution in [3.05, 3.63) is 73.4 Å². The van der Waals surface area contributed by atoms with Crippen molar-refractivity contribution in [2.45, 2.75) is 39.0 Å². The first-order valence-corrected chi connectivity index (χ1v) is 9.09. The third-order valence-electron chi connectivity index (χ3n) is 3.04. The molecule has 1 aromatic carbocycles. The molecule has 0 saturated carbocycles. The highest BCUT2D eigenvalue weighted by atomic mass is 31.0. The Hall–Kier alpha value is -1.80. The number of allylic oxidation sites excluding steroid dienone is 3. The standard InChI is InChI=1S/C16H21FNOP.C2H6.C2H4.CH3F/c1-3-4-8-11-16(2,13-9-6-5-7-10-13)15(19)18-12-14(17)20;3*1-2/h3-11,14H,12,20H2,1-2H3,(H,18,19);1-2H3;1-2H2;1H3/b4-3-,11-8+;;;. The van der Waals surface area contributed by atoms with Gasteiger partial charge < -0.3 is 5.32 Å². The summed E-state index contributed by atoms with van der Waals surface area (Å²) in [5.41, 5.74) is 0.0535. The van der Waals surface area contributed by atoms with E-state index < -0.39 is 11.3 Å². The molecule has 0 aromatic heterocycles. The van der Waals surface area contributed by atoms with Crippen LogP contribution in [0.4, 0.5) is 8.78 Å². The minimum atomic E-state index is -1.14. The van der Waals surface area contributed by atoms with Crippen LogP contribution in [0.5, 0.6) is 0 Å². The molecule has 2 nitrogen and oxygen atoms in total. The fraction of sp³-hybridized carbons (Fsp3) is 0.381. The molecule has 5 heteroatoms. The molecule has 0 saturated heterocycles. The second kappa shape index (κ2) is 19.5. The zero-order chi connectivity index (χ0) is 21.0. The topological polar surface area (TPSA) is 29.1 Å². The lowest BCUT2D eigenvalue weighted by Crippen LogP contribution is -2.42. The average Bonchev–Trinajstić information content (AvgIpc) is 2.71. The number of carbonyl (C=O) groups is 1. The Morgan fingerprint density at radius 1 is 1.23 bits per heavy atom. The van der Waals surface area contributed by atoms with Gasteiger partial charge in [-0.1, -0.05) is 77.7 Å². The van der Waals surface area contributed by atoms with Crippen molar-refractivity contribution in [1.29, 1.82) is 0 Å². The van der Waals surface area contributed by atoms with E-state index in [4.69, 9.17) is 0 Å². The van der Waals surface area contributed by atoms with Crippen molar-refractivity contribution in [2.24, 2.45) is 0 Å². The van der Waals surface area contributed by atoms with E-state index in [1.807, 2.05) is 91.6 Å². The molecule has 1 rings (SSSR count). The third-order valence-corrected chi connectivity index (χ3v) is 3.27. The van der Waals surface area contributed by atoms with Gasteiger partial charge in [-0.15, -0.1) is 13.2 Å². The van der Waals surface area contributed by atoms with Crippen molar-refractivity contribution in [3.63, 3.8) is 0 Å². The average molecular weight is 385 g/mol. The number of benzene rings is 1. The predicted octanol–water partition coefficient (Wildman–Crippen LogP) is 5.78. The maximum absolute atomic E-state index is 12.9. The van der Waals surface area contributed by atoms with E-state index in [9.17, 15) is 13.6 Å². The van der Waals surface area contributed by atoms with Gasteiger partial charge in [0.25, 0.3) is 0 Å². The summed E-state index contributed by atoms with van der Waals surface area (Å²) in [5, 5.41) is 2.64. The lowest BCUT2D eigenvalue weighted by atomic mass is 9.81. The molecule has 1 amide bonds. The number of nitrogens with one attached hydrogen (secondary N) is 1. The van der Waals surface area contributed by atoms with Crippen LogP contribution in [0.25, 0.3) is 0 Å². The lowest BCUT2D eigenvalue weighted by molar-refractivity contribution is -0.124. The molecule has 0 aliphatic carbocycles. The van der Waals surface area contributed by atoms with Crippen LogP contribution in [0.2, 0.25) is 0 Å². The Morgan fingerprint density at radius 2 is 1.73 bits per heavy atom. The number of hydrogen-bond donors (Lipinski definition) is 1. The van der Waals surface area contributed by atoms with Crippen molar-refractivity contribution >= 4 is 15.1 Å². The van der Waals surface area contributed by atoms with E-state index in [1.54, 1.807) is 0 Å². The van der Waals surface area contributed by atoms with Crippen molar-refractivity contribution < 1.29 is 13.6 Å². The van der Waals surface area contributed by atoms with E-state index in [1.165, 1.54) is 0 Å². The van der Waals surface area contributed by atoms with Crippen molar-refractivity contribution in [1.82, 2.24) is 5.32 Å². The van der Waals surface area contributed by atoms with Crippen LogP contribution in [0.3, 0.4) is 0 Å². The molecule has 1 aromatic rings. The van der Waals surface area contributed by atoms with Gasteiger partial charge in [-0.2, -0.15) is 0 Å².